The lowest BCUT2D eigenvalue weighted by molar-refractivity contribution is -0.0926. The number of hydrogen-bond donors (Lipinski definition) is 1. The number of aliphatic hydroxyl groups excluding tert-OH is 1. The van der Waals surface area contributed by atoms with Crippen molar-refractivity contribution in [1.29, 1.82) is 0 Å². The molecule has 0 saturated heterocycles. The lowest BCUT2D eigenvalue weighted by atomic mass is 9.67. The first-order valence-electron chi connectivity index (χ1n) is 5.74. The Bertz CT molecular complexity index is 424. The number of rotatable bonds is 0. The SMILES string of the molecule is CC1CC2(C1)C[C@H](O)c1cc(F)ccc1O2. The number of benzene rings is 1. The van der Waals surface area contributed by atoms with Gasteiger partial charge in [0.1, 0.15) is 17.2 Å². The van der Waals surface area contributed by atoms with E-state index < -0.39 is 6.10 Å². The first-order valence-corrected chi connectivity index (χ1v) is 5.74. The van der Waals surface area contributed by atoms with E-state index in [4.69, 9.17) is 4.74 Å². The molecule has 1 N–H and O–H groups in total. The van der Waals surface area contributed by atoms with Gasteiger partial charge in [-0.1, -0.05) is 6.92 Å². The summed E-state index contributed by atoms with van der Waals surface area (Å²) in [5, 5.41) is 10.0. The quantitative estimate of drug-likeness (QED) is 0.731. The summed E-state index contributed by atoms with van der Waals surface area (Å²) in [6, 6.07) is 4.37. The van der Waals surface area contributed by atoms with Crippen molar-refractivity contribution in [3.05, 3.63) is 29.6 Å². The average molecular weight is 222 g/mol. The van der Waals surface area contributed by atoms with Crippen LogP contribution in [0.2, 0.25) is 0 Å². The molecule has 1 fully saturated rings. The molecule has 1 aromatic carbocycles. The zero-order valence-electron chi connectivity index (χ0n) is 9.24. The van der Waals surface area contributed by atoms with Crippen molar-refractivity contribution >= 4 is 0 Å². The van der Waals surface area contributed by atoms with Gasteiger partial charge in [0.2, 0.25) is 0 Å². The third kappa shape index (κ3) is 1.42. The van der Waals surface area contributed by atoms with Crippen LogP contribution in [-0.2, 0) is 0 Å². The Kier molecular flexibility index (Phi) is 2.02. The van der Waals surface area contributed by atoms with Gasteiger partial charge in [-0.25, -0.2) is 4.39 Å². The molecule has 0 radical (unpaired) electrons. The molecule has 86 valence electrons. The molecule has 2 nitrogen and oxygen atoms in total. The maximum absolute atomic E-state index is 13.1. The van der Waals surface area contributed by atoms with Gasteiger partial charge in [-0.3, -0.25) is 0 Å². The smallest absolute Gasteiger partial charge is 0.126 e. The van der Waals surface area contributed by atoms with Gasteiger partial charge in [0.25, 0.3) is 0 Å². The van der Waals surface area contributed by atoms with Crippen LogP contribution in [0.5, 0.6) is 5.75 Å². The second kappa shape index (κ2) is 3.20. The summed E-state index contributed by atoms with van der Waals surface area (Å²) >= 11 is 0. The van der Waals surface area contributed by atoms with E-state index in [1.54, 1.807) is 6.07 Å². The number of aliphatic hydroxyl groups is 1. The molecule has 1 atom stereocenters. The van der Waals surface area contributed by atoms with Crippen LogP contribution in [-0.4, -0.2) is 10.7 Å². The maximum atomic E-state index is 13.1. The van der Waals surface area contributed by atoms with Crippen molar-refractivity contribution in [2.45, 2.75) is 37.9 Å². The highest BCUT2D eigenvalue weighted by molar-refractivity contribution is 5.39. The molecule has 3 heteroatoms. The van der Waals surface area contributed by atoms with Gasteiger partial charge in [-0.05, 0) is 37.0 Å². The number of hydrogen-bond acceptors (Lipinski definition) is 2. The number of ether oxygens (including phenoxy) is 1. The second-order valence-electron chi connectivity index (χ2n) is 5.20. The van der Waals surface area contributed by atoms with Crippen molar-refractivity contribution < 1.29 is 14.2 Å². The van der Waals surface area contributed by atoms with Gasteiger partial charge in [-0.2, -0.15) is 0 Å². The minimum Gasteiger partial charge on any atom is -0.487 e. The fraction of sp³-hybridized carbons (Fsp3) is 0.538. The van der Waals surface area contributed by atoms with Crippen LogP contribution >= 0.6 is 0 Å². The van der Waals surface area contributed by atoms with Crippen LogP contribution in [0.15, 0.2) is 18.2 Å². The molecule has 1 saturated carbocycles. The average Bonchev–Trinajstić information content (AvgIpc) is 2.17. The summed E-state index contributed by atoms with van der Waals surface area (Å²) in [6.45, 7) is 2.18. The predicted octanol–water partition coefficient (Wildman–Crippen LogP) is 2.81. The van der Waals surface area contributed by atoms with Crippen LogP contribution in [0.1, 0.15) is 37.9 Å². The van der Waals surface area contributed by atoms with Gasteiger partial charge < -0.3 is 9.84 Å². The van der Waals surface area contributed by atoms with Gasteiger partial charge >= 0.3 is 0 Å². The topological polar surface area (TPSA) is 29.5 Å². The van der Waals surface area contributed by atoms with Crippen LogP contribution < -0.4 is 4.74 Å². The Hall–Kier alpha value is -1.09. The standard InChI is InChI=1S/C13H15FO2/c1-8-5-13(6-8)7-11(15)10-4-9(14)2-3-12(10)16-13/h2-4,8,11,15H,5-7H2,1H3/t8?,11-,13?/m0/s1. The number of fused-ring (bicyclic) bond motifs is 1. The molecular weight excluding hydrogens is 207 g/mol. The minimum atomic E-state index is -0.591. The molecule has 1 spiro atoms. The van der Waals surface area contributed by atoms with E-state index in [2.05, 4.69) is 6.92 Å². The minimum absolute atomic E-state index is 0.191. The zero-order valence-corrected chi connectivity index (χ0v) is 9.24. The third-order valence-corrected chi connectivity index (χ3v) is 3.66. The van der Waals surface area contributed by atoms with Crippen molar-refractivity contribution in [1.82, 2.24) is 0 Å². The van der Waals surface area contributed by atoms with Gasteiger partial charge in [0.15, 0.2) is 0 Å². The van der Waals surface area contributed by atoms with E-state index in [1.165, 1.54) is 12.1 Å². The van der Waals surface area contributed by atoms with Crippen molar-refractivity contribution in [3.63, 3.8) is 0 Å². The van der Waals surface area contributed by atoms with Crippen molar-refractivity contribution in [3.8, 4) is 5.75 Å². The molecule has 2 aliphatic rings. The molecule has 16 heavy (non-hydrogen) atoms. The lowest BCUT2D eigenvalue weighted by Crippen LogP contribution is -2.51. The maximum Gasteiger partial charge on any atom is 0.126 e. The predicted molar refractivity (Wildman–Crippen MR) is 57.7 cm³/mol. The zero-order chi connectivity index (χ0) is 11.3. The fourth-order valence-electron chi connectivity index (χ4n) is 3.07. The Labute approximate surface area is 94.0 Å². The second-order valence-corrected chi connectivity index (χ2v) is 5.20. The molecule has 1 aromatic rings. The highest BCUT2D eigenvalue weighted by atomic mass is 19.1. The normalized spacial score (nSPS) is 36.4. The molecular formula is C13H15FO2. The highest BCUT2D eigenvalue weighted by Gasteiger charge is 2.48. The van der Waals surface area contributed by atoms with Crippen LogP contribution in [0.4, 0.5) is 4.39 Å². The molecule has 3 rings (SSSR count). The van der Waals surface area contributed by atoms with E-state index in [0.717, 1.165) is 12.8 Å². The lowest BCUT2D eigenvalue weighted by Gasteiger charge is -2.50. The molecule has 1 aliphatic carbocycles. The van der Waals surface area contributed by atoms with E-state index in [9.17, 15) is 9.50 Å². The Morgan fingerprint density at radius 1 is 1.38 bits per heavy atom. The van der Waals surface area contributed by atoms with E-state index in [0.29, 0.717) is 23.7 Å². The van der Waals surface area contributed by atoms with Crippen LogP contribution in [0.25, 0.3) is 0 Å². The monoisotopic (exact) mass is 222 g/mol. The summed E-state index contributed by atoms with van der Waals surface area (Å²) in [5.74, 6) is 0.987. The summed E-state index contributed by atoms with van der Waals surface area (Å²) in [7, 11) is 0. The van der Waals surface area contributed by atoms with Gasteiger partial charge in [0, 0.05) is 12.0 Å². The molecule has 0 amide bonds. The Balaban J connectivity index is 1.94. The highest BCUT2D eigenvalue weighted by Crippen LogP contribution is 2.51. The fourth-order valence-corrected chi connectivity index (χ4v) is 3.07. The van der Waals surface area contributed by atoms with Crippen molar-refractivity contribution in [2.24, 2.45) is 5.92 Å². The third-order valence-electron chi connectivity index (χ3n) is 3.66. The van der Waals surface area contributed by atoms with Gasteiger partial charge in [0.05, 0.1) is 6.10 Å². The largest absolute Gasteiger partial charge is 0.487 e. The van der Waals surface area contributed by atoms with E-state index >= 15 is 0 Å². The molecule has 0 unspecified atom stereocenters. The first-order chi connectivity index (χ1) is 7.58. The van der Waals surface area contributed by atoms with Crippen molar-refractivity contribution in [2.75, 3.05) is 0 Å². The summed E-state index contributed by atoms with van der Waals surface area (Å²) in [4.78, 5) is 0. The molecule has 0 bridgehead atoms. The Morgan fingerprint density at radius 3 is 2.81 bits per heavy atom. The van der Waals surface area contributed by atoms with E-state index in [-0.39, 0.29) is 11.4 Å². The Morgan fingerprint density at radius 2 is 2.12 bits per heavy atom. The first kappa shape index (κ1) is 10.1. The summed E-state index contributed by atoms with van der Waals surface area (Å²) in [5.41, 5.74) is 0.397. The summed E-state index contributed by atoms with van der Waals surface area (Å²) in [6.07, 6.45) is 1.97. The van der Waals surface area contributed by atoms with E-state index in [1.807, 2.05) is 0 Å². The van der Waals surface area contributed by atoms with Gasteiger partial charge in [-0.15, -0.1) is 0 Å². The molecule has 0 aromatic heterocycles. The van der Waals surface area contributed by atoms with Crippen LogP contribution in [0.3, 0.4) is 0 Å². The van der Waals surface area contributed by atoms with Crippen LogP contribution in [0, 0.1) is 11.7 Å². The molecule has 1 aliphatic heterocycles. The molecule has 1 heterocycles. The summed E-state index contributed by atoms with van der Waals surface area (Å²) < 4.78 is 19.0. The number of halogens is 1.